The van der Waals surface area contributed by atoms with E-state index >= 15 is 0 Å². The van der Waals surface area contributed by atoms with Gasteiger partial charge in [0.25, 0.3) is 0 Å². The molecule has 2 heteroatoms. The van der Waals surface area contributed by atoms with Gasteiger partial charge < -0.3 is 5.32 Å². The SMILES string of the molecule is CCCCCNC(=O)/C=C(\C)c1ccccc1. The molecule has 1 aromatic rings. The first kappa shape index (κ1) is 13.5. The monoisotopic (exact) mass is 231 g/mol. The molecule has 0 fully saturated rings. The van der Waals surface area contributed by atoms with Gasteiger partial charge in [-0.05, 0) is 24.5 Å². The van der Waals surface area contributed by atoms with E-state index in [1.54, 1.807) is 6.08 Å². The Bertz CT molecular complexity index is 368. The highest BCUT2D eigenvalue weighted by Crippen LogP contribution is 2.11. The maximum atomic E-state index is 11.6. The molecule has 0 unspecified atom stereocenters. The third kappa shape index (κ3) is 5.34. The molecule has 0 aliphatic carbocycles. The zero-order chi connectivity index (χ0) is 12.5. The third-order valence-electron chi connectivity index (χ3n) is 2.66. The highest BCUT2D eigenvalue weighted by molar-refractivity contribution is 5.94. The standard InChI is InChI=1S/C15H21NO/c1-3-4-8-11-16-15(17)12-13(2)14-9-6-5-7-10-14/h5-7,9-10,12H,3-4,8,11H2,1-2H3,(H,16,17)/b13-12+. The lowest BCUT2D eigenvalue weighted by molar-refractivity contribution is -0.116. The molecule has 1 amide bonds. The number of benzene rings is 1. The molecule has 0 heterocycles. The summed E-state index contributed by atoms with van der Waals surface area (Å²) in [7, 11) is 0. The summed E-state index contributed by atoms with van der Waals surface area (Å²) in [6, 6.07) is 9.95. The van der Waals surface area contributed by atoms with E-state index in [-0.39, 0.29) is 5.91 Å². The lowest BCUT2D eigenvalue weighted by atomic mass is 10.1. The Hall–Kier alpha value is -1.57. The fourth-order valence-corrected chi connectivity index (χ4v) is 1.62. The summed E-state index contributed by atoms with van der Waals surface area (Å²) >= 11 is 0. The van der Waals surface area contributed by atoms with E-state index in [2.05, 4.69) is 12.2 Å². The van der Waals surface area contributed by atoms with Gasteiger partial charge in [-0.3, -0.25) is 4.79 Å². The molecule has 1 rings (SSSR count). The highest BCUT2D eigenvalue weighted by Gasteiger charge is 1.99. The van der Waals surface area contributed by atoms with Crippen LogP contribution in [0.4, 0.5) is 0 Å². The maximum Gasteiger partial charge on any atom is 0.244 e. The molecule has 0 spiro atoms. The van der Waals surface area contributed by atoms with Gasteiger partial charge in [-0.15, -0.1) is 0 Å². The first-order valence-electron chi connectivity index (χ1n) is 6.25. The molecule has 1 N–H and O–H groups in total. The van der Waals surface area contributed by atoms with Gasteiger partial charge in [0.1, 0.15) is 0 Å². The van der Waals surface area contributed by atoms with Gasteiger partial charge in [0.15, 0.2) is 0 Å². The topological polar surface area (TPSA) is 29.1 Å². The number of hydrogen-bond acceptors (Lipinski definition) is 1. The number of carbonyl (C=O) groups excluding carboxylic acids is 1. The van der Waals surface area contributed by atoms with Crippen LogP contribution < -0.4 is 5.32 Å². The van der Waals surface area contributed by atoms with Crippen molar-refractivity contribution in [3.8, 4) is 0 Å². The van der Waals surface area contributed by atoms with Crippen molar-refractivity contribution in [2.24, 2.45) is 0 Å². The Labute approximate surface area is 104 Å². The van der Waals surface area contributed by atoms with Crippen molar-refractivity contribution < 1.29 is 4.79 Å². The summed E-state index contributed by atoms with van der Waals surface area (Å²) in [5.74, 6) is 0.00227. The van der Waals surface area contributed by atoms with Crippen LogP contribution >= 0.6 is 0 Å². The number of unbranched alkanes of at least 4 members (excludes halogenated alkanes) is 2. The summed E-state index contributed by atoms with van der Waals surface area (Å²) in [4.78, 5) is 11.6. The third-order valence-corrected chi connectivity index (χ3v) is 2.66. The molecule has 1 aromatic carbocycles. The zero-order valence-electron chi connectivity index (χ0n) is 10.7. The first-order valence-corrected chi connectivity index (χ1v) is 6.25. The Balaban J connectivity index is 2.43. The number of nitrogens with one attached hydrogen (secondary N) is 1. The van der Waals surface area contributed by atoms with Crippen LogP contribution in [0.25, 0.3) is 5.57 Å². The minimum atomic E-state index is 0.00227. The second-order valence-electron chi connectivity index (χ2n) is 4.19. The maximum absolute atomic E-state index is 11.6. The number of carbonyl (C=O) groups is 1. The first-order chi connectivity index (χ1) is 8.24. The van der Waals surface area contributed by atoms with E-state index in [9.17, 15) is 4.79 Å². The Morgan fingerprint density at radius 3 is 2.59 bits per heavy atom. The molecule has 0 aliphatic rings. The second kappa shape index (κ2) is 7.66. The molecule has 0 aliphatic heterocycles. The summed E-state index contributed by atoms with van der Waals surface area (Å²) < 4.78 is 0. The largest absolute Gasteiger partial charge is 0.353 e. The summed E-state index contributed by atoms with van der Waals surface area (Å²) in [5.41, 5.74) is 2.09. The molecule has 0 aromatic heterocycles. The molecule has 0 bridgehead atoms. The van der Waals surface area contributed by atoms with Gasteiger partial charge in [-0.1, -0.05) is 50.1 Å². The van der Waals surface area contributed by atoms with Crippen LogP contribution in [0, 0.1) is 0 Å². The van der Waals surface area contributed by atoms with Gasteiger partial charge in [0.05, 0.1) is 0 Å². The van der Waals surface area contributed by atoms with Gasteiger partial charge in [0.2, 0.25) is 5.91 Å². The van der Waals surface area contributed by atoms with Gasteiger partial charge in [0, 0.05) is 12.6 Å². The molecule has 92 valence electrons. The van der Waals surface area contributed by atoms with Gasteiger partial charge in [-0.2, -0.15) is 0 Å². The lowest BCUT2D eigenvalue weighted by Crippen LogP contribution is -2.22. The molecule has 0 saturated carbocycles. The van der Waals surface area contributed by atoms with Gasteiger partial charge >= 0.3 is 0 Å². The second-order valence-corrected chi connectivity index (χ2v) is 4.19. The lowest BCUT2D eigenvalue weighted by Gasteiger charge is -2.03. The van der Waals surface area contributed by atoms with Crippen molar-refractivity contribution >= 4 is 11.5 Å². The van der Waals surface area contributed by atoms with E-state index in [1.807, 2.05) is 37.3 Å². The Morgan fingerprint density at radius 2 is 1.94 bits per heavy atom. The highest BCUT2D eigenvalue weighted by atomic mass is 16.1. The number of rotatable bonds is 6. The smallest absolute Gasteiger partial charge is 0.244 e. The predicted molar refractivity (Wildman–Crippen MR) is 72.6 cm³/mol. The molecule has 0 saturated heterocycles. The van der Waals surface area contributed by atoms with Crippen molar-refractivity contribution in [3.63, 3.8) is 0 Å². The van der Waals surface area contributed by atoms with Crippen LogP contribution in [-0.4, -0.2) is 12.5 Å². The van der Waals surface area contributed by atoms with Crippen molar-refractivity contribution in [2.75, 3.05) is 6.54 Å². The molecule has 2 nitrogen and oxygen atoms in total. The molecular weight excluding hydrogens is 210 g/mol. The normalized spacial score (nSPS) is 11.3. The number of amides is 1. The minimum absolute atomic E-state index is 0.00227. The molecule has 17 heavy (non-hydrogen) atoms. The molecule has 0 atom stereocenters. The van der Waals surface area contributed by atoms with E-state index in [0.717, 1.165) is 24.1 Å². The molecular formula is C15H21NO. The van der Waals surface area contributed by atoms with Crippen molar-refractivity contribution in [1.29, 1.82) is 0 Å². The number of allylic oxidation sites excluding steroid dienone is 1. The average Bonchev–Trinajstić information content (AvgIpc) is 2.36. The fraction of sp³-hybridized carbons (Fsp3) is 0.400. The van der Waals surface area contributed by atoms with Crippen molar-refractivity contribution in [3.05, 3.63) is 42.0 Å². The van der Waals surface area contributed by atoms with Crippen LogP contribution in [0.5, 0.6) is 0 Å². The van der Waals surface area contributed by atoms with E-state index in [0.29, 0.717) is 0 Å². The summed E-state index contributed by atoms with van der Waals surface area (Å²) in [5, 5.41) is 2.90. The Kier molecular flexibility index (Phi) is 6.08. The van der Waals surface area contributed by atoms with Crippen molar-refractivity contribution in [2.45, 2.75) is 33.1 Å². The van der Waals surface area contributed by atoms with Crippen LogP contribution in [0.15, 0.2) is 36.4 Å². The summed E-state index contributed by atoms with van der Waals surface area (Å²) in [6.07, 6.45) is 5.07. The van der Waals surface area contributed by atoms with E-state index in [4.69, 9.17) is 0 Å². The molecule has 0 radical (unpaired) electrons. The average molecular weight is 231 g/mol. The van der Waals surface area contributed by atoms with Crippen molar-refractivity contribution in [1.82, 2.24) is 5.32 Å². The zero-order valence-corrected chi connectivity index (χ0v) is 10.7. The van der Waals surface area contributed by atoms with Crippen LogP contribution in [0.2, 0.25) is 0 Å². The van der Waals surface area contributed by atoms with Crippen LogP contribution in [0.1, 0.15) is 38.7 Å². The summed E-state index contributed by atoms with van der Waals surface area (Å²) in [6.45, 7) is 4.88. The minimum Gasteiger partial charge on any atom is -0.353 e. The van der Waals surface area contributed by atoms with E-state index in [1.165, 1.54) is 12.8 Å². The fourth-order valence-electron chi connectivity index (χ4n) is 1.62. The Morgan fingerprint density at radius 1 is 1.24 bits per heavy atom. The van der Waals surface area contributed by atoms with Crippen LogP contribution in [-0.2, 0) is 4.79 Å². The van der Waals surface area contributed by atoms with Crippen LogP contribution in [0.3, 0.4) is 0 Å². The van der Waals surface area contributed by atoms with Gasteiger partial charge in [-0.25, -0.2) is 0 Å². The quantitative estimate of drug-likeness (QED) is 0.590. The number of hydrogen-bond donors (Lipinski definition) is 1. The van der Waals surface area contributed by atoms with E-state index < -0.39 is 0 Å². The predicted octanol–water partition coefficient (Wildman–Crippen LogP) is 3.40.